The average Bonchev–Trinajstić information content (AvgIpc) is 2.34. The molecule has 0 saturated heterocycles. The lowest BCUT2D eigenvalue weighted by Gasteiger charge is -2.00. The highest BCUT2D eigenvalue weighted by atomic mass is 16.1. The second kappa shape index (κ2) is 8.87. The van der Waals surface area contributed by atoms with Gasteiger partial charge in [-0.3, -0.25) is 0 Å². The molecule has 2 nitrogen and oxygen atoms in total. The van der Waals surface area contributed by atoms with Crippen LogP contribution >= 0.6 is 0 Å². The molecule has 0 bridgehead atoms. The van der Waals surface area contributed by atoms with E-state index in [1.54, 1.807) is 6.08 Å². The molecule has 0 atom stereocenters. The summed E-state index contributed by atoms with van der Waals surface area (Å²) < 4.78 is 0. The number of carbonyl (C=O) groups excluding carboxylic acids is 1. The van der Waals surface area contributed by atoms with Gasteiger partial charge >= 0.3 is 0 Å². The lowest BCUT2D eigenvalue weighted by atomic mass is 10.1. The van der Waals surface area contributed by atoms with Gasteiger partial charge in [-0.1, -0.05) is 43.5 Å². The number of aliphatic imine (C=N–C) groups is 1. The van der Waals surface area contributed by atoms with Crippen molar-refractivity contribution in [3.8, 4) is 0 Å². The molecule has 0 aliphatic carbocycles. The van der Waals surface area contributed by atoms with Crippen LogP contribution in [0.4, 0.5) is 0 Å². The lowest BCUT2D eigenvalue weighted by Crippen LogP contribution is -1.87. The van der Waals surface area contributed by atoms with E-state index in [-0.39, 0.29) is 0 Å². The van der Waals surface area contributed by atoms with Crippen molar-refractivity contribution in [3.05, 3.63) is 35.9 Å². The van der Waals surface area contributed by atoms with Crippen LogP contribution in [0.25, 0.3) is 0 Å². The highest BCUT2D eigenvalue weighted by Gasteiger charge is 1.93. The fraction of sp³-hybridized carbons (Fsp3) is 0.500. The summed E-state index contributed by atoms with van der Waals surface area (Å²) in [5.41, 5.74) is 1.30. The van der Waals surface area contributed by atoms with Crippen molar-refractivity contribution in [1.29, 1.82) is 0 Å². The van der Waals surface area contributed by atoms with Crippen LogP contribution in [-0.2, 0) is 11.2 Å². The molecule has 0 saturated carbocycles. The van der Waals surface area contributed by atoms with E-state index in [2.05, 4.69) is 23.2 Å². The molecule has 0 unspecified atom stereocenters. The average molecular weight is 216 g/mol. The van der Waals surface area contributed by atoms with Gasteiger partial charge in [-0.25, -0.2) is 9.79 Å². The quantitative estimate of drug-likeness (QED) is 0.372. The van der Waals surface area contributed by atoms with E-state index in [1.165, 1.54) is 24.8 Å². The fourth-order valence-electron chi connectivity index (χ4n) is 1.67. The molecule has 16 heavy (non-hydrogen) atoms. The van der Waals surface area contributed by atoms with Crippen molar-refractivity contribution in [3.63, 3.8) is 0 Å². The Balaban J connectivity index is 1.94. The predicted molar refractivity (Wildman–Crippen MR) is 65.1 cm³/mol. The summed E-state index contributed by atoms with van der Waals surface area (Å²) >= 11 is 0. The molecular weight excluding hydrogens is 198 g/mol. The van der Waals surface area contributed by atoms with E-state index < -0.39 is 0 Å². The van der Waals surface area contributed by atoms with Crippen LogP contribution in [0.3, 0.4) is 0 Å². The molecule has 0 spiro atoms. The molecule has 85 valence electrons. The molecule has 0 aromatic heterocycles. The Bertz CT molecular complexity index is 315. The number of aryl methyl sites for hydroxylation is 1. The van der Waals surface area contributed by atoms with Crippen LogP contribution in [0.15, 0.2) is 29.3 Å². The molecule has 0 fully saturated rings. The van der Waals surface area contributed by atoms with Gasteiger partial charge in [0.2, 0.25) is 6.08 Å². The molecule has 1 aromatic carbocycles. The Kier molecular flexibility index (Phi) is 7.02. The zero-order chi connectivity index (χ0) is 11.5. The predicted octanol–water partition coefficient (Wildman–Crippen LogP) is 3.32. The smallest absolute Gasteiger partial charge is 0.211 e. The van der Waals surface area contributed by atoms with Crippen molar-refractivity contribution in [1.82, 2.24) is 0 Å². The number of hydrogen-bond acceptors (Lipinski definition) is 2. The van der Waals surface area contributed by atoms with Crippen molar-refractivity contribution >= 4 is 6.08 Å². The first-order chi connectivity index (χ1) is 7.93. The third-order valence-corrected chi connectivity index (χ3v) is 2.55. The van der Waals surface area contributed by atoms with Crippen molar-refractivity contribution < 1.29 is 4.79 Å². The molecular formula is C14H18NO. The van der Waals surface area contributed by atoms with Crippen LogP contribution in [0.2, 0.25) is 0 Å². The van der Waals surface area contributed by atoms with Gasteiger partial charge in [-0.15, -0.1) is 0 Å². The second-order valence-electron chi connectivity index (χ2n) is 3.88. The molecule has 0 amide bonds. The summed E-state index contributed by atoms with van der Waals surface area (Å²) in [6, 6.07) is 11.4. The summed E-state index contributed by atoms with van der Waals surface area (Å²) in [6.45, 7) is 0.635. The standard InChI is InChI=1S/C14H18NO/c16-13-15-12-8-3-1-2-5-9-14-10-6-4-7-11-14/h4,6-7,10H,1-3,5,8-9,12H2. The van der Waals surface area contributed by atoms with Gasteiger partial charge in [0.25, 0.3) is 0 Å². The van der Waals surface area contributed by atoms with E-state index in [0.717, 1.165) is 19.3 Å². The van der Waals surface area contributed by atoms with Gasteiger partial charge < -0.3 is 0 Å². The first-order valence-electron chi connectivity index (χ1n) is 5.92. The monoisotopic (exact) mass is 216 g/mol. The minimum Gasteiger partial charge on any atom is -0.211 e. The molecule has 0 heterocycles. The molecule has 1 radical (unpaired) electrons. The van der Waals surface area contributed by atoms with Crippen molar-refractivity contribution in [2.45, 2.75) is 38.5 Å². The van der Waals surface area contributed by atoms with E-state index in [1.807, 2.05) is 12.1 Å². The maximum Gasteiger partial charge on any atom is 0.234 e. The third-order valence-electron chi connectivity index (χ3n) is 2.55. The first kappa shape index (κ1) is 12.7. The van der Waals surface area contributed by atoms with E-state index >= 15 is 0 Å². The van der Waals surface area contributed by atoms with Crippen molar-refractivity contribution in [2.24, 2.45) is 4.99 Å². The zero-order valence-corrected chi connectivity index (χ0v) is 9.61. The Morgan fingerprint density at radius 3 is 2.69 bits per heavy atom. The largest absolute Gasteiger partial charge is 0.234 e. The third kappa shape index (κ3) is 6.15. The van der Waals surface area contributed by atoms with E-state index in [4.69, 9.17) is 0 Å². The Labute approximate surface area is 97.4 Å². The van der Waals surface area contributed by atoms with Crippen LogP contribution in [0, 0.1) is 6.07 Å². The Morgan fingerprint density at radius 2 is 1.94 bits per heavy atom. The SMILES string of the molecule is O=C=NCCCCCCCc1[c]cccc1. The van der Waals surface area contributed by atoms with Crippen molar-refractivity contribution in [2.75, 3.05) is 6.54 Å². The van der Waals surface area contributed by atoms with Gasteiger partial charge in [-0.2, -0.15) is 0 Å². The highest BCUT2D eigenvalue weighted by molar-refractivity contribution is 5.32. The number of unbranched alkanes of at least 4 members (excludes halogenated alkanes) is 4. The molecule has 2 heteroatoms. The summed E-state index contributed by atoms with van der Waals surface area (Å²) in [5, 5.41) is 0. The zero-order valence-electron chi connectivity index (χ0n) is 9.61. The molecule has 1 rings (SSSR count). The van der Waals surface area contributed by atoms with E-state index in [0.29, 0.717) is 6.54 Å². The highest BCUT2D eigenvalue weighted by Crippen LogP contribution is 2.08. The minimum absolute atomic E-state index is 0.635. The van der Waals surface area contributed by atoms with Gasteiger partial charge in [0.05, 0.1) is 6.54 Å². The number of hydrogen-bond donors (Lipinski definition) is 0. The van der Waals surface area contributed by atoms with Gasteiger partial charge in [0.15, 0.2) is 0 Å². The Hall–Kier alpha value is -1.40. The second-order valence-corrected chi connectivity index (χ2v) is 3.88. The minimum atomic E-state index is 0.635. The number of isocyanates is 1. The molecule has 0 aliphatic heterocycles. The van der Waals surface area contributed by atoms with Gasteiger partial charge in [-0.05, 0) is 30.9 Å². The summed E-state index contributed by atoms with van der Waals surface area (Å²) in [6.07, 6.45) is 8.53. The van der Waals surface area contributed by atoms with Gasteiger partial charge in [0.1, 0.15) is 0 Å². The summed E-state index contributed by atoms with van der Waals surface area (Å²) in [4.78, 5) is 13.3. The summed E-state index contributed by atoms with van der Waals surface area (Å²) in [7, 11) is 0. The number of nitrogens with zero attached hydrogens (tertiary/aromatic N) is 1. The topological polar surface area (TPSA) is 29.4 Å². The maximum atomic E-state index is 9.80. The number of rotatable bonds is 8. The fourth-order valence-corrected chi connectivity index (χ4v) is 1.67. The normalized spacial score (nSPS) is 9.75. The maximum absolute atomic E-state index is 9.80. The van der Waals surface area contributed by atoms with Crippen LogP contribution < -0.4 is 0 Å². The molecule has 0 aliphatic rings. The molecule has 0 N–H and O–H groups in total. The van der Waals surface area contributed by atoms with Crippen LogP contribution in [0.1, 0.15) is 37.7 Å². The van der Waals surface area contributed by atoms with Crippen LogP contribution in [-0.4, -0.2) is 12.6 Å². The van der Waals surface area contributed by atoms with Crippen LogP contribution in [0.5, 0.6) is 0 Å². The first-order valence-corrected chi connectivity index (χ1v) is 5.92. The number of benzene rings is 1. The van der Waals surface area contributed by atoms with Gasteiger partial charge in [0, 0.05) is 0 Å². The summed E-state index contributed by atoms with van der Waals surface area (Å²) in [5.74, 6) is 0. The molecule has 1 aromatic rings. The van der Waals surface area contributed by atoms with E-state index in [9.17, 15) is 4.79 Å². The lowest BCUT2D eigenvalue weighted by molar-refractivity contribution is 0.560. The Morgan fingerprint density at radius 1 is 1.12 bits per heavy atom.